The molecule has 9 heteroatoms. The Morgan fingerprint density at radius 2 is 2.07 bits per heavy atom. The van der Waals surface area contributed by atoms with E-state index in [1.165, 1.54) is 11.3 Å². The average Bonchev–Trinajstić information content (AvgIpc) is 3.25. The standard InChI is InChI=1S/C20H27ClN4O3S/c1-2-18(25-21)19(26)24-16(11-15-7-4-3-5-8-15)9-6-10-23-20(27)28-13-17-12-22-14-29-17/h3-5,7-8,12,14,16,18,25H,2,6,9-11,13H2,1H3,(H,23,27)(H,24,26)/t16-,18+/m1/s1. The number of carbonyl (C=O) groups excluding carboxylic acids is 2. The summed E-state index contributed by atoms with van der Waals surface area (Å²) in [5, 5.41) is 5.80. The van der Waals surface area contributed by atoms with E-state index in [1.54, 1.807) is 11.7 Å². The monoisotopic (exact) mass is 438 g/mol. The highest BCUT2D eigenvalue weighted by atomic mass is 35.5. The lowest BCUT2D eigenvalue weighted by atomic mass is 10.0. The van der Waals surface area contributed by atoms with E-state index in [9.17, 15) is 9.59 Å². The number of aromatic nitrogens is 1. The number of thiazole rings is 1. The fraction of sp³-hybridized carbons (Fsp3) is 0.450. The van der Waals surface area contributed by atoms with E-state index in [2.05, 4.69) is 20.5 Å². The molecule has 0 spiro atoms. The summed E-state index contributed by atoms with van der Waals surface area (Å²) in [6, 6.07) is 9.49. The zero-order valence-corrected chi connectivity index (χ0v) is 18.0. The minimum absolute atomic E-state index is 0.0565. The lowest BCUT2D eigenvalue weighted by Crippen LogP contribution is -2.46. The van der Waals surface area contributed by atoms with Gasteiger partial charge in [-0.3, -0.25) is 9.78 Å². The molecule has 0 aliphatic heterocycles. The van der Waals surface area contributed by atoms with E-state index in [-0.39, 0.29) is 18.6 Å². The molecule has 0 fully saturated rings. The summed E-state index contributed by atoms with van der Waals surface area (Å²) in [4.78, 5) is 31.5. The molecule has 0 unspecified atom stereocenters. The Hall–Kier alpha value is -2.16. The van der Waals surface area contributed by atoms with Crippen LogP contribution in [0.2, 0.25) is 0 Å². The number of carbonyl (C=O) groups is 2. The number of nitrogens with zero attached hydrogens (tertiary/aromatic N) is 1. The van der Waals surface area contributed by atoms with Crippen LogP contribution in [0, 0.1) is 0 Å². The van der Waals surface area contributed by atoms with Crippen LogP contribution in [0.5, 0.6) is 0 Å². The van der Waals surface area contributed by atoms with Gasteiger partial charge in [-0.1, -0.05) is 37.3 Å². The van der Waals surface area contributed by atoms with Crippen LogP contribution in [0.15, 0.2) is 42.0 Å². The number of ether oxygens (including phenoxy) is 1. The zero-order chi connectivity index (χ0) is 20.9. The van der Waals surface area contributed by atoms with E-state index in [1.807, 2.05) is 37.3 Å². The van der Waals surface area contributed by atoms with Gasteiger partial charge in [0.1, 0.15) is 12.6 Å². The second-order valence-corrected chi connectivity index (χ2v) is 7.77. The van der Waals surface area contributed by atoms with Crippen molar-refractivity contribution in [3.63, 3.8) is 0 Å². The Balaban J connectivity index is 1.78. The molecule has 2 rings (SSSR count). The highest BCUT2D eigenvalue weighted by Crippen LogP contribution is 2.09. The first kappa shape index (κ1) is 23.1. The average molecular weight is 439 g/mol. The Kier molecular flexibility index (Phi) is 10.5. The topological polar surface area (TPSA) is 92.4 Å². The van der Waals surface area contributed by atoms with Crippen LogP contribution in [0.3, 0.4) is 0 Å². The van der Waals surface area contributed by atoms with Gasteiger partial charge >= 0.3 is 6.09 Å². The van der Waals surface area contributed by atoms with Crippen LogP contribution in [-0.2, 0) is 22.6 Å². The number of nitrogens with one attached hydrogen (secondary N) is 3. The van der Waals surface area contributed by atoms with Crippen molar-refractivity contribution in [2.45, 2.75) is 51.3 Å². The molecule has 0 saturated heterocycles. The number of amides is 2. The van der Waals surface area contributed by atoms with Gasteiger partial charge in [0.25, 0.3) is 0 Å². The van der Waals surface area contributed by atoms with Crippen molar-refractivity contribution in [3.05, 3.63) is 52.5 Å². The quantitative estimate of drug-likeness (QED) is 0.349. The van der Waals surface area contributed by atoms with Gasteiger partial charge in [0, 0.05) is 18.8 Å². The van der Waals surface area contributed by atoms with Gasteiger partial charge in [-0.2, -0.15) is 0 Å². The molecule has 0 radical (unpaired) electrons. The first-order valence-electron chi connectivity index (χ1n) is 9.60. The van der Waals surface area contributed by atoms with Crippen molar-refractivity contribution >= 4 is 35.1 Å². The fourth-order valence-electron chi connectivity index (χ4n) is 2.78. The highest BCUT2D eigenvalue weighted by molar-refractivity contribution is 7.09. The largest absolute Gasteiger partial charge is 0.444 e. The van der Waals surface area contributed by atoms with E-state index >= 15 is 0 Å². The number of alkyl carbamates (subject to hydrolysis) is 1. The van der Waals surface area contributed by atoms with Crippen molar-refractivity contribution in [1.29, 1.82) is 0 Å². The van der Waals surface area contributed by atoms with Gasteiger partial charge in [-0.15, -0.1) is 11.3 Å². The molecule has 0 aliphatic rings. The number of hydrogen-bond acceptors (Lipinski definition) is 6. The number of halogens is 1. The molecule has 1 heterocycles. The minimum Gasteiger partial charge on any atom is -0.444 e. The Morgan fingerprint density at radius 3 is 2.72 bits per heavy atom. The van der Waals surface area contributed by atoms with Gasteiger partial charge < -0.3 is 15.4 Å². The predicted molar refractivity (Wildman–Crippen MR) is 115 cm³/mol. The molecule has 1 aromatic heterocycles. The van der Waals surface area contributed by atoms with Crippen molar-refractivity contribution in [1.82, 2.24) is 20.5 Å². The van der Waals surface area contributed by atoms with Crippen molar-refractivity contribution in [3.8, 4) is 0 Å². The highest BCUT2D eigenvalue weighted by Gasteiger charge is 2.19. The molecular formula is C20H27ClN4O3S. The van der Waals surface area contributed by atoms with E-state index in [0.29, 0.717) is 32.2 Å². The summed E-state index contributed by atoms with van der Waals surface area (Å²) < 4.78 is 5.14. The molecule has 1 aromatic carbocycles. The minimum atomic E-state index is -0.459. The molecule has 3 N–H and O–H groups in total. The van der Waals surface area contributed by atoms with Crippen LogP contribution in [0.25, 0.3) is 0 Å². The third-order valence-corrected chi connectivity index (χ3v) is 5.37. The molecule has 0 bridgehead atoms. The maximum atomic E-state index is 12.4. The van der Waals surface area contributed by atoms with Crippen LogP contribution in [0.4, 0.5) is 4.79 Å². The van der Waals surface area contributed by atoms with E-state index in [0.717, 1.165) is 10.4 Å². The molecule has 2 atom stereocenters. The van der Waals surface area contributed by atoms with Gasteiger partial charge in [0.2, 0.25) is 5.91 Å². The predicted octanol–water partition coefficient (Wildman–Crippen LogP) is 3.40. The van der Waals surface area contributed by atoms with Crippen LogP contribution in [-0.4, -0.2) is 35.6 Å². The normalized spacial score (nSPS) is 12.8. The second-order valence-electron chi connectivity index (χ2n) is 6.58. The molecule has 0 saturated carbocycles. The van der Waals surface area contributed by atoms with Crippen LogP contribution in [0.1, 0.15) is 36.6 Å². The molecule has 0 aliphatic carbocycles. The molecule has 158 valence electrons. The third-order valence-electron chi connectivity index (χ3n) is 4.36. The zero-order valence-electron chi connectivity index (χ0n) is 16.4. The van der Waals surface area contributed by atoms with E-state index in [4.69, 9.17) is 16.5 Å². The summed E-state index contributed by atoms with van der Waals surface area (Å²) >= 11 is 7.10. The van der Waals surface area contributed by atoms with Gasteiger partial charge in [0.05, 0.1) is 10.4 Å². The summed E-state index contributed by atoms with van der Waals surface area (Å²) in [5.41, 5.74) is 2.84. The van der Waals surface area contributed by atoms with E-state index < -0.39 is 12.1 Å². The summed E-state index contributed by atoms with van der Waals surface area (Å²) in [6.07, 6.45) is 3.95. The number of hydrogen-bond donors (Lipinski definition) is 3. The van der Waals surface area contributed by atoms with Gasteiger partial charge in [0.15, 0.2) is 0 Å². The SMILES string of the molecule is CC[C@H](NCl)C(=O)N[C@H](CCCNC(=O)OCc1cncs1)Cc1ccccc1. The summed E-state index contributed by atoms with van der Waals surface area (Å²) in [7, 11) is 0. The van der Waals surface area contributed by atoms with Crippen LogP contribution < -0.4 is 15.5 Å². The molecule has 29 heavy (non-hydrogen) atoms. The maximum absolute atomic E-state index is 12.4. The molecular weight excluding hydrogens is 412 g/mol. The van der Waals surface area contributed by atoms with Gasteiger partial charge in [-0.05, 0) is 43.0 Å². The fourth-order valence-corrected chi connectivity index (χ4v) is 3.54. The number of rotatable bonds is 12. The molecule has 7 nitrogen and oxygen atoms in total. The Labute approximate surface area is 180 Å². The third kappa shape index (κ3) is 8.81. The maximum Gasteiger partial charge on any atom is 0.407 e. The Morgan fingerprint density at radius 1 is 1.28 bits per heavy atom. The first-order chi connectivity index (χ1) is 14.1. The second kappa shape index (κ2) is 13.1. The molecule has 2 amide bonds. The first-order valence-corrected chi connectivity index (χ1v) is 10.9. The molecule has 2 aromatic rings. The summed E-state index contributed by atoms with van der Waals surface area (Å²) in [5.74, 6) is -0.125. The summed E-state index contributed by atoms with van der Waals surface area (Å²) in [6.45, 7) is 2.58. The van der Waals surface area contributed by atoms with Crippen molar-refractivity contribution in [2.75, 3.05) is 6.54 Å². The van der Waals surface area contributed by atoms with Crippen LogP contribution >= 0.6 is 23.1 Å². The lowest BCUT2D eigenvalue weighted by Gasteiger charge is -2.22. The van der Waals surface area contributed by atoms with Crippen molar-refractivity contribution in [2.24, 2.45) is 0 Å². The van der Waals surface area contributed by atoms with Gasteiger partial charge in [-0.25, -0.2) is 9.63 Å². The lowest BCUT2D eigenvalue weighted by molar-refractivity contribution is -0.123. The smallest absolute Gasteiger partial charge is 0.407 e. The Bertz CT molecular complexity index is 727. The number of benzene rings is 1. The van der Waals surface area contributed by atoms with Crippen molar-refractivity contribution < 1.29 is 14.3 Å².